The van der Waals surface area contributed by atoms with Gasteiger partial charge in [-0.2, -0.15) is 0 Å². The molecule has 1 aromatic carbocycles. The molecule has 3 amide bonds. The van der Waals surface area contributed by atoms with Crippen molar-refractivity contribution in [1.82, 2.24) is 15.1 Å². The highest BCUT2D eigenvalue weighted by atomic mass is 79.9. The van der Waals surface area contributed by atoms with E-state index in [1.165, 1.54) is 4.90 Å². The first-order chi connectivity index (χ1) is 22.1. The number of hydrogen-bond donors (Lipinski definition) is 2. The summed E-state index contributed by atoms with van der Waals surface area (Å²) in [5.41, 5.74) is -0.521. The van der Waals surface area contributed by atoms with Gasteiger partial charge in [0.05, 0.1) is 36.6 Å². The second-order valence-corrected chi connectivity index (χ2v) is 14.0. The summed E-state index contributed by atoms with van der Waals surface area (Å²) < 4.78 is 12.2. The molecule has 1 spiro atoms. The number of carbonyl (C=O) groups excluding carboxylic acids is 4. The van der Waals surface area contributed by atoms with Gasteiger partial charge in [0.2, 0.25) is 17.7 Å². The molecule has 3 saturated heterocycles. The van der Waals surface area contributed by atoms with Crippen LogP contribution in [0.1, 0.15) is 64.5 Å². The molecule has 1 unspecified atom stereocenters. The lowest BCUT2D eigenvalue weighted by atomic mass is 9.70. The van der Waals surface area contributed by atoms with E-state index in [2.05, 4.69) is 34.4 Å². The van der Waals surface area contributed by atoms with Crippen LogP contribution in [0.3, 0.4) is 0 Å². The Balaban J connectivity index is 1.70. The van der Waals surface area contributed by atoms with Crippen LogP contribution in [0.5, 0.6) is 0 Å². The molecule has 46 heavy (non-hydrogen) atoms. The summed E-state index contributed by atoms with van der Waals surface area (Å²) in [6, 6.07) is 6.86. The molecule has 3 aliphatic rings. The fourth-order valence-electron chi connectivity index (χ4n) is 7.24. The number of likely N-dealkylation sites (tertiary alicyclic amines) is 1. The highest BCUT2D eigenvalue weighted by molar-refractivity contribution is 9.09. The summed E-state index contributed by atoms with van der Waals surface area (Å²) in [6.07, 6.45) is 5.32. The molecular weight excluding hydrogens is 654 g/mol. The predicted molar refractivity (Wildman–Crippen MR) is 178 cm³/mol. The van der Waals surface area contributed by atoms with Crippen molar-refractivity contribution in [2.75, 3.05) is 26.3 Å². The minimum atomic E-state index is -1.26. The molecule has 10 nitrogen and oxygen atoms in total. The van der Waals surface area contributed by atoms with Gasteiger partial charge in [-0.05, 0) is 30.7 Å². The van der Waals surface area contributed by atoms with Gasteiger partial charge in [-0.1, -0.05) is 85.6 Å². The zero-order valence-corrected chi connectivity index (χ0v) is 28.7. The van der Waals surface area contributed by atoms with Crippen LogP contribution in [0.15, 0.2) is 55.6 Å². The number of amides is 3. The Labute approximate surface area is 280 Å². The maximum atomic E-state index is 14.5. The van der Waals surface area contributed by atoms with E-state index in [0.717, 1.165) is 18.4 Å². The van der Waals surface area contributed by atoms with E-state index in [1.54, 1.807) is 17.1 Å². The average molecular weight is 703 g/mol. The van der Waals surface area contributed by atoms with Crippen molar-refractivity contribution < 1.29 is 33.8 Å². The van der Waals surface area contributed by atoms with Crippen molar-refractivity contribution in [3.8, 4) is 0 Å². The monoisotopic (exact) mass is 701 g/mol. The zero-order chi connectivity index (χ0) is 33.6. The molecule has 0 aromatic heterocycles. The molecule has 0 aliphatic carbocycles. The van der Waals surface area contributed by atoms with E-state index in [9.17, 15) is 24.3 Å². The molecule has 2 N–H and O–H groups in total. The van der Waals surface area contributed by atoms with Crippen molar-refractivity contribution in [3.05, 3.63) is 61.2 Å². The number of esters is 1. The molecule has 252 valence electrons. The number of fused-ring (bicyclic) bond motifs is 1. The van der Waals surface area contributed by atoms with Gasteiger partial charge in [0.1, 0.15) is 18.2 Å². The Hall–Kier alpha value is -3.02. The van der Waals surface area contributed by atoms with E-state index >= 15 is 0 Å². The Morgan fingerprint density at radius 1 is 1.24 bits per heavy atom. The number of alkyl halides is 1. The number of nitrogens with one attached hydrogen (secondary N) is 1. The van der Waals surface area contributed by atoms with Gasteiger partial charge in [-0.3, -0.25) is 19.2 Å². The number of allylic oxidation sites excluding steroid dienone is 1. The number of nitrogens with zero attached hydrogens (tertiary/aromatic N) is 2. The van der Waals surface area contributed by atoms with Crippen molar-refractivity contribution in [3.63, 3.8) is 0 Å². The van der Waals surface area contributed by atoms with Crippen molar-refractivity contribution in [1.29, 1.82) is 0 Å². The van der Waals surface area contributed by atoms with E-state index in [4.69, 9.17) is 9.47 Å². The van der Waals surface area contributed by atoms with Gasteiger partial charge in [-0.25, -0.2) is 0 Å². The molecule has 3 aliphatic heterocycles. The second kappa shape index (κ2) is 15.7. The number of unbranched alkanes of at least 4 members (excludes halogenated alkanes) is 1. The Morgan fingerprint density at radius 2 is 1.96 bits per heavy atom. The normalized spacial score (nSPS) is 27.7. The van der Waals surface area contributed by atoms with Crippen LogP contribution < -0.4 is 5.32 Å². The standard InChI is InChI=1S/C35H48BrN3O7/c1-6-9-16-27(41)45-21-25(23-14-12-11-13-15-23)37-32(42)28-29-33(43)39(26(20-40)22(4)5)31(35(29)19-24(36)30(28)46-35)34(44)38(17-8-3)18-10-7-2/h6,8,11-15,22,24-26,28-31,40H,1,3,7,9-10,16-21H2,2,4-5H3,(H,37,42)/t24?,25-,26-,28-,29+,30-,31-,35+/m0/s1. The number of aliphatic hydroxyl groups is 1. The van der Waals surface area contributed by atoms with Crippen LogP contribution in [0.4, 0.5) is 0 Å². The number of ether oxygens (including phenoxy) is 2. The molecule has 3 heterocycles. The molecule has 0 saturated carbocycles. The fourth-order valence-corrected chi connectivity index (χ4v) is 8.18. The minimum Gasteiger partial charge on any atom is -0.463 e. The quantitative estimate of drug-likeness (QED) is 0.143. The Morgan fingerprint density at radius 3 is 2.57 bits per heavy atom. The van der Waals surface area contributed by atoms with Gasteiger partial charge in [0.15, 0.2) is 0 Å². The molecule has 8 atom stereocenters. The number of benzene rings is 1. The fraction of sp³-hybridized carbons (Fsp3) is 0.600. The first kappa shape index (κ1) is 35.8. The number of rotatable bonds is 17. The van der Waals surface area contributed by atoms with Crippen LogP contribution >= 0.6 is 15.9 Å². The number of carbonyl (C=O) groups is 4. The minimum absolute atomic E-state index is 0.0907. The molecule has 3 fully saturated rings. The summed E-state index contributed by atoms with van der Waals surface area (Å²) in [7, 11) is 0. The summed E-state index contributed by atoms with van der Waals surface area (Å²) in [6.45, 7) is 13.7. The summed E-state index contributed by atoms with van der Waals surface area (Å²) in [4.78, 5) is 58.6. The molecule has 0 radical (unpaired) electrons. The first-order valence-corrected chi connectivity index (χ1v) is 17.2. The smallest absolute Gasteiger partial charge is 0.306 e. The third kappa shape index (κ3) is 6.96. The third-order valence-electron chi connectivity index (χ3n) is 9.50. The van der Waals surface area contributed by atoms with Crippen molar-refractivity contribution in [2.24, 2.45) is 17.8 Å². The Bertz CT molecular complexity index is 1280. The first-order valence-electron chi connectivity index (χ1n) is 16.3. The maximum Gasteiger partial charge on any atom is 0.306 e. The van der Waals surface area contributed by atoms with Crippen LogP contribution in [0.25, 0.3) is 0 Å². The molecule has 1 aromatic rings. The Kier molecular flexibility index (Phi) is 12.2. The van der Waals surface area contributed by atoms with E-state index < -0.39 is 53.5 Å². The van der Waals surface area contributed by atoms with Crippen LogP contribution in [-0.2, 0) is 28.7 Å². The maximum absolute atomic E-state index is 14.5. The van der Waals surface area contributed by atoms with Crippen LogP contribution in [-0.4, -0.2) is 93.5 Å². The summed E-state index contributed by atoms with van der Waals surface area (Å²) in [5.74, 6) is -3.47. The lowest BCUT2D eigenvalue weighted by molar-refractivity contribution is -0.152. The highest BCUT2D eigenvalue weighted by Crippen LogP contribution is 2.60. The molecule has 2 bridgehead atoms. The van der Waals surface area contributed by atoms with Gasteiger partial charge >= 0.3 is 5.97 Å². The van der Waals surface area contributed by atoms with E-state index in [1.807, 2.05) is 51.1 Å². The van der Waals surface area contributed by atoms with Gasteiger partial charge in [-0.15, -0.1) is 13.2 Å². The average Bonchev–Trinajstić information content (AvgIpc) is 3.63. The lowest BCUT2D eigenvalue weighted by Crippen LogP contribution is -2.60. The number of hydrogen-bond acceptors (Lipinski definition) is 7. The number of aliphatic hydroxyl groups excluding tert-OH is 1. The SMILES string of the molecule is C=CCCC(=O)OC[C@H](NC(=O)[C@@H]1[C@H]2O[C@@]3(CC2Br)[C@H](C(=O)N(CC=C)CCCC)N([C@@H](CO)C(C)C)C(=O)[C@@H]13)c1ccccc1. The van der Waals surface area contributed by atoms with Crippen molar-refractivity contribution >= 4 is 39.6 Å². The van der Waals surface area contributed by atoms with Crippen LogP contribution in [0.2, 0.25) is 0 Å². The zero-order valence-electron chi connectivity index (χ0n) is 27.1. The van der Waals surface area contributed by atoms with E-state index in [0.29, 0.717) is 25.9 Å². The number of halogens is 1. The summed E-state index contributed by atoms with van der Waals surface area (Å²) in [5, 5.41) is 13.6. The van der Waals surface area contributed by atoms with Gasteiger partial charge < -0.3 is 29.7 Å². The van der Waals surface area contributed by atoms with Gasteiger partial charge in [0, 0.05) is 24.3 Å². The predicted octanol–water partition coefficient (Wildman–Crippen LogP) is 3.93. The molecule has 4 rings (SSSR count). The largest absolute Gasteiger partial charge is 0.463 e. The topological polar surface area (TPSA) is 125 Å². The molecular formula is C35H48BrN3O7. The summed E-state index contributed by atoms with van der Waals surface area (Å²) >= 11 is 3.73. The molecule has 11 heteroatoms. The second-order valence-electron chi connectivity index (χ2n) is 12.8. The van der Waals surface area contributed by atoms with Gasteiger partial charge in [0.25, 0.3) is 0 Å². The van der Waals surface area contributed by atoms with Crippen LogP contribution in [0, 0.1) is 17.8 Å². The van der Waals surface area contributed by atoms with Crippen molar-refractivity contribution in [2.45, 2.75) is 87.5 Å². The lowest BCUT2D eigenvalue weighted by Gasteiger charge is -2.40. The highest BCUT2D eigenvalue weighted by Gasteiger charge is 2.77. The third-order valence-corrected chi connectivity index (χ3v) is 10.3. The van der Waals surface area contributed by atoms with E-state index in [-0.39, 0.29) is 42.2 Å².